The maximum atomic E-state index is 13.8. The van der Waals surface area contributed by atoms with Crippen molar-refractivity contribution in [1.82, 2.24) is 4.98 Å². The minimum Gasteiger partial charge on any atom is -0.372 e. The van der Waals surface area contributed by atoms with Crippen molar-refractivity contribution >= 4 is 34.0 Å². The molecular formula is C27H26N4O. The Hall–Kier alpha value is -3.86. The Morgan fingerprint density at radius 2 is 1.59 bits per heavy atom. The first-order valence-electron chi connectivity index (χ1n) is 11.1. The van der Waals surface area contributed by atoms with Gasteiger partial charge in [-0.1, -0.05) is 48.5 Å². The van der Waals surface area contributed by atoms with Crippen molar-refractivity contribution in [2.24, 2.45) is 0 Å². The predicted molar refractivity (Wildman–Crippen MR) is 131 cm³/mol. The molecule has 1 aromatic heterocycles. The number of rotatable bonds is 5. The number of fused-ring (bicyclic) bond motifs is 2. The van der Waals surface area contributed by atoms with E-state index < -0.39 is 0 Å². The summed E-state index contributed by atoms with van der Waals surface area (Å²) in [6, 6.07) is 28.1. The number of nitrogens with one attached hydrogen (secondary N) is 1. The first kappa shape index (κ1) is 20.1. The van der Waals surface area contributed by atoms with E-state index in [1.165, 1.54) is 5.69 Å². The summed E-state index contributed by atoms with van der Waals surface area (Å²) in [5.74, 6) is 0.569. The molecule has 0 fully saturated rings. The molecule has 5 heteroatoms. The van der Waals surface area contributed by atoms with Gasteiger partial charge in [0.25, 0.3) is 5.91 Å². The van der Waals surface area contributed by atoms with E-state index in [0.29, 0.717) is 11.4 Å². The highest BCUT2D eigenvalue weighted by atomic mass is 16.2. The molecule has 3 aromatic carbocycles. The highest BCUT2D eigenvalue weighted by Gasteiger charge is 2.35. The second-order valence-electron chi connectivity index (χ2n) is 7.90. The molecule has 160 valence electrons. The Kier molecular flexibility index (Phi) is 5.23. The molecule has 32 heavy (non-hydrogen) atoms. The lowest BCUT2D eigenvalue weighted by Gasteiger charge is -2.38. The molecule has 4 aromatic rings. The van der Waals surface area contributed by atoms with Gasteiger partial charge in [-0.2, -0.15) is 0 Å². The molecule has 0 saturated carbocycles. The van der Waals surface area contributed by atoms with Gasteiger partial charge in [0.05, 0.1) is 11.1 Å². The molecule has 1 aliphatic heterocycles. The molecule has 0 radical (unpaired) electrons. The minimum atomic E-state index is -0.350. The van der Waals surface area contributed by atoms with Gasteiger partial charge in [0.1, 0.15) is 12.0 Å². The van der Waals surface area contributed by atoms with Crippen LogP contribution in [0.4, 0.5) is 17.2 Å². The van der Waals surface area contributed by atoms with Crippen LogP contribution in [0.1, 0.15) is 35.9 Å². The maximum Gasteiger partial charge on any atom is 0.264 e. The zero-order chi connectivity index (χ0) is 22.1. The number of benzene rings is 3. The number of nitrogens with zero attached hydrogens (tertiary/aromatic N) is 3. The number of para-hydroxylation sites is 2. The van der Waals surface area contributed by atoms with Crippen LogP contribution in [0.3, 0.4) is 0 Å². The standard InChI is InChI=1S/C27H26N4O/c1-3-30(4-2)21-16-14-19(15-17-21)26-29-25-23(18-20-10-8-9-13-24(20)28-25)27(32)31(26)22-11-6-5-7-12-22/h5-18,26H,3-4H2,1-2H3,(H,28,29). The Labute approximate surface area is 188 Å². The van der Waals surface area contributed by atoms with Crippen molar-refractivity contribution in [2.45, 2.75) is 20.0 Å². The van der Waals surface area contributed by atoms with Crippen molar-refractivity contribution < 1.29 is 4.79 Å². The lowest BCUT2D eigenvalue weighted by molar-refractivity contribution is 0.0974. The number of carbonyl (C=O) groups is 1. The Balaban J connectivity index is 1.61. The van der Waals surface area contributed by atoms with E-state index in [-0.39, 0.29) is 12.1 Å². The van der Waals surface area contributed by atoms with E-state index in [9.17, 15) is 4.79 Å². The predicted octanol–water partition coefficient (Wildman–Crippen LogP) is 5.85. The highest BCUT2D eigenvalue weighted by molar-refractivity contribution is 6.13. The third-order valence-corrected chi connectivity index (χ3v) is 6.08. The third kappa shape index (κ3) is 3.46. The van der Waals surface area contributed by atoms with Gasteiger partial charge in [-0.3, -0.25) is 9.69 Å². The summed E-state index contributed by atoms with van der Waals surface area (Å²) in [4.78, 5) is 22.7. The molecule has 1 atom stereocenters. The van der Waals surface area contributed by atoms with E-state index in [2.05, 4.69) is 48.3 Å². The number of aromatic nitrogens is 1. The SMILES string of the molecule is CCN(CC)c1ccc(C2Nc3nc4ccccc4cc3C(=O)N2c2ccccc2)cc1. The smallest absolute Gasteiger partial charge is 0.264 e. The summed E-state index contributed by atoms with van der Waals surface area (Å²) in [5.41, 5.74) is 4.50. The number of hydrogen-bond donors (Lipinski definition) is 1. The van der Waals surface area contributed by atoms with E-state index in [1.807, 2.05) is 65.6 Å². The molecule has 1 N–H and O–H groups in total. The fourth-order valence-corrected chi connectivity index (χ4v) is 4.37. The second-order valence-corrected chi connectivity index (χ2v) is 7.90. The summed E-state index contributed by atoms with van der Waals surface area (Å²) < 4.78 is 0. The monoisotopic (exact) mass is 422 g/mol. The Morgan fingerprint density at radius 1 is 0.906 bits per heavy atom. The molecule has 5 nitrogen and oxygen atoms in total. The molecule has 2 heterocycles. The van der Waals surface area contributed by atoms with Crippen LogP contribution in [-0.4, -0.2) is 24.0 Å². The van der Waals surface area contributed by atoms with Gasteiger partial charge in [-0.15, -0.1) is 0 Å². The number of pyridine rings is 1. The summed E-state index contributed by atoms with van der Waals surface area (Å²) in [6.45, 7) is 6.22. The normalized spacial score (nSPS) is 15.4. The average molecular weight is 423 g/mol. The molecule has 1 unspecified atom stereocenters. The molecule has 1 amide bonds. The molecule has 5 rings (SSSR count). The van der Waals surface area contributed by atoms with Gasteiger partial charge in [0.15, 0.2) is 0 Å². The van der Waals surface area contributed by atoms with Crippen LogP contribution in [0, 0.1) is 0 Å². The molecule has 0 bridgehead atoms. The Bertz CT molecular complexity index is 1250. The summed E-state index contributed by atoms with van der Waals surface area (Å²) in [5, 5.41) is 4.50. The van der Waals surface area contributed by atoms with Crippen molar-refractivity contribution in [3.8, 4) is 0 Å². The topological polar surface area (TPSA) is 48.5 Å². The van der Waals surface area contributed by atoms with Crippen LogP contribution < -0.4 is 15.1 Å². The lowest BCUT2D eigenvalue weighted by atomic mass is 10.0. The van der Waals surface area contributed by atoms with Gasteiger partial charge in [-0.25, -0.2) is 4.98 Å². The molecule has 1 aliphatic rings. The molecule has 0 saturated heterocycles. The maximum absolute atomic E-state index is 13.8. The van der Waals surface area contributed by atoms with Gasteiger partial charge in [0, 0.05) is 29.9 Å². The second kappa shape index (κ2) is 8.35. The quantitative estimate of drug-likeness (QED) is 0.438. The van der Waals surface area contributed by atoms with Crippen LogP contribution >= 0.6 is 0 Å². The van der Waals surface area contributed by atoms with E-state index >= 15 is 0 Å². The summed E-state index contributed by atoms with van der Waals surface area (Å²) in [7, 11) is 0. The fourth-order valence-electron chi connectivity index (χ4n) is 4.37. The van der Waals surface area contributed by atoms with Crippen molar-refractivity contribution in [3.05, 3.63) is 96.1 Å². The van der Waals surface area contributed by atoms with Crippen molar-refractivity contribution in [1.29, 1.82) is 0 Å². The van der Waals surface area contributed by atoms with Crippen LogP contribution in [-0.2, 0) is 0 Å². The average Bonchev–Trinajstić information content (AvgIpc) is 2.85. The number of carbonyl (C=O) groups excluding carboxylic acids is 1. The Morgan fingerprint density at radius 3 is 2.31 bits per heavy atom. The van der Waals surface area contributed by atoms with Crippen LogP contribution in [0.25, 0.3) is 10.9 Å². The zero-order valence-corrected chi connectivity index (χ0v) is 18.3. The van der Waals surface area contributed by atoms with Crippen molar-refractivity contribution in [2.75, 3.05) is 28.2 Å². The molecular weight excluding hydrogens is 396 g/mol. The summed E-state index contributed by atoms with van der Waals surface area (Å²) in [6.07, 6.45) is -0.350. The molecule has 0 aliphatic carbocycles. The van der Waals surface area contributed by atoms with Gasteiger partial charge >= 0.3 is 0 Å². The number of hydrogen-bond acceptors (Lipinski definition) is 4. The van der Waals surface area contributed by atoms with E-state index in [4.69, 9.17) is 4.98 Å². The molecule has 0 spiro atoms. The lowest BCUT2D eigenvalue weighted by Crippen LogP contribution is -2.43. The van der Waals surface area contributed by atoms with Crippen molar-refractivity contribution in [3.63, 3.8) is 0 Å². The largest absolute Gasteiger partial charge is 0.372 e. The first-order valence-corrected chi connectivity index (χ1v) is 11.1. The highest BCUT2D eigenvalue weighted by Crippen LogP contribution is 2.37. The minimum absolute atomic E-state index is 0.0546. The van der Waals surface area contributed by atoms with Crippen LogP contribution in [0.2, 0.25) is 0 Å². The summed E-state index contributed by atoms with van der Waals surface area (Å²) >= 11 is 0. The third-order valence-electron chi connectivity index (χ3n) is 6.08. The van der Waals surface area contributed by atoms with Gasteiger partial charge < -0.3 is 10.2 Å². The zero-order valence-electron chi connectivity index (χ0n) is 18.3. The van der Waals surface area contributed by atoms with Crippen LogP contribution in [0.15, 0.2) is 84.9 Å². The number of amides is 1. The van der Waals surface area contributed by atoms with Gasteiger partial charge in [-0.05, 0) is 55.8 Å². The first-order chi connectivity index (χ1) is 15.7. The fraction of sp³-hybridized carbons (Fsp3) is 0.185. The van der Waals surface area contributed by atoms with E-state index in [0.717, 1.165) is 35.2 Å². The number of anilines is 3. The van der Waals surface area contributed by atoms with Gasteiger partial charge in [0.2, 0.25) is 0 Å². The van der Waals surface area contributed by atoms with E-state index in [1.54, 1.807) is 0 Å². The van der Waals surface area contributed by atoms with Crippen LogP contribution in [0.5, 0.6) is 0 Å².